The standard InChI is InChI=1S/C15H30O3.C14H28O3/c1-2-3-4-5-6-7-8-9-10-11-12-13-14(16)15(17)18;1-2-3-4-5-6-7-8-9-10-11-13(15)12-14(16)17/h14,16H,2-13H2,1H3,(H,17,18);13,15H,2-12H2,1H3,(H,16,17). The largest absolute Gasteiger partial charge is 0.481 e. The Kier molecular flexibility index (Phi) is 29.9. The maximum atomic E-state index is 10.4. The molecule has 2 atom stereocenters. The Balaban J connectivity index is 0. The van der Waals surface area contributed by atoms with Crippen molar-refractivity contribution in [1.29, 1.82) is 0 Å². The molecule has 0 saturated carbocycles. The van der Waals surface area contributed by atoms with Crippen LogP contribution in [0, 0.1) is 0 Å². The Bertz CT molecular complexity index is 454. The van der Waals surface area contributed by atoms with Crippen LogP contribution >= 0.6 is 0 Å². The zero-order chi connectivity index (χ0) is 26.6. The summed E-state index contributed by atoms with van der Waals surface area (Å²) in [6.07, 6.45) is 24.0. The molecule has 0 rings (SSSR count). The normalized spacial score (nSPS) is 12.6. The van der Waals surface area contributed by atoms with Crippen LogP contribution in [-0.4, -0.2) is 44.6 Å². The number of aliphatic hydroxyl groups excluding tert-OH is 2. The third kappa shape index (κ3) is 32.9. The van der Waals surface area contributed by atoms with Crippen LogP contribution in [0.5, 0.6) is 0 Å². The summed E-state index contributed by atoms with van der Waals surface area (Å²) in [5, 5.41) is 35.4. The Labute approximate surface area is 215 Å². The zero-order valence-electron chi connectivity index (χ0n) is 23.0. The number of hydrogen-bond acceptors (Lipinski definition) is 4. The average Bonchev–Trinajstić information content (AvgIpc) is 2.81. The molecule has 0 aliphatic carbocycles. The van der Waals surface area contributed by atoms with Gasteiger partial charge in [-0.05, 0) is 12.8 Å². The molecule has 0 aromatic heterocycles. The predicted octanol–water partition coefficient (Wildman–Crippen LogP) is 7.88. The van der Waals surface area contributed by atoms with Crippen molar-refractivity contribution in [2.24, 2.45) is 0 Å². The second-order valence-electron chi connectivity index (χ2n) is 10.0. The van der Waals surface area contributed by atoms with E-state index in [0.29, 0.717) is 12.8 Å². The summed E-state index contributed by atoms with van der Waals surface area (Å²) in [5.74, 6) is -2.00. The van der Waals surface area contributed by atoms with E-state index in [2.05, 4.69) is 13.8 Å². The smallest absolute Gasteiger partial charge is 0.332 e. The van der Waals surface area contributed by atoms with E-state index in [1.807, 2.05) is 0 Å². The van der Waals surface area contributed by atoms with Gasteiger partial charge in [0.2, 0.25) is 0 Å². The van der Waals surface area contributed by atoms with Gasteiger partial charge in [0.25, 0.3) is 0 Å². The topological polar surface area (TPSA) is 115 Å². The van der Waals surface area contributed by atoms with Crippen LogP contribution in [0.4, 0.5) is 0 Å². The molecule has 0 bridgehead atoms. The van der Waals surface area contributed by atoms with Crippen molar-refractivity contribution < 1.29 is 30.0 Å². The third-order valence-electron chi connectivity index (χ3n) is 6.42. The number of aliphatic carboxylic acids is 2. The summed E-state index contributed by atoms with van der Waals surface area (Å²) in [7, 11) is 0. The van der Waals surface area contributed by atoms with Crippen molar-refractivity contribution >= 4 is 11.9 Å². The van der Waals surface area contributed by atoms with Crippen molar-refractivity contribution in [2.75, 3.05) is 0 Å². The Morgan fingerprint density at radius 1 is 0.514 bits per heavy atom. The number of unbranched alkanes of at least 4 members (excludes halogenated alkanes) is 18. The number of carboxylic acid groups (broad SMARTS) is 2. The SMILES string of the molecule is CCCCCCCCCCCC(O)CC(=O)O.CCCCCCCCCCCCCC(O)C(=O)O. The van der Waals surface area contributed by atoms with E-state index in [1.54, 1.807) is 0 Å². The van der Waals surface area contributed by atoms with Gasteiger partial charge in [0, 0.05) is 0 Å². The highest BCUT2D eigenvalue weighted by Gasteiger charge is 2.11. The van der Waals surface area contributed by atoms with Gasteiger partial charge in [-0.15, -0.1) is 0 Å². The molecular formula is C29H58O6. The van der Waals surface area contributed by atoms with Gasteiger partial charge in [0.05, 0.1) is 12.5 Å². The number of hydrogen-bond donors (Lipinski definition) is 4. The second-order valence-corrected chi connectivity index (χ2v) is 10.0. The Morgan fingerprint density at radius 2 is 0.829 bits per heavy atom. The molecule has 0 saturated heterocycles. The predicted molar refractivity (Wildman–Crippen MR) is 145 cm³/mol. The van der Waals surface area contributed by atoms with Crippen molar-refractivity contribution in [3.63, 3.8) is 0 Å². The minimum absolute atomic E-state index is 0.114. The number of rotatable bonds is 25. The van der Waals surface area contributed by atoms with Gasteiger partial charge >= 0.3 is 11.9 Å². The summed E-state index contributed by atoms with van der Waals surface area (Å²) >= 11 is 0. The highest BCUT2D eigenvalue weighted by atomic mass is 16.4. The summed E-state index contributed by atoms with van der Waals surface area (Å²) in [6.45, 7) is 4.46. The van der Waals surface area contributed by atoms with Crippen LogP contribution < -0.4 is 0 Å². The van der Waals surface area contributed by atoms with Crippen molar-refractivity contribution in [1.82, 2.24) is 0 Å². The quantitative estimate of drug-likeness (QED) is 0.0944. The fourth-order valence-electron chi connectivity index (χ4n) is 4.12. The summed E-state index contributed by atoms with van der Waals surface area (Å²) < 4.78 is 0. The lowest BCUT2D eigenvalue weighted by molar-refractivity contribution is -0.147. The fraction of sp³-hybridized carbons (Fsp3) is 0.931. The van der Waals surface area contributed by atoms with Crippen LogP contribution in [0.1, 0.15) is 162 Å². The van der Waals surface area contributed by atoms with Gasteiger partial charge in [-0.1, -0.05) is 142 Å². The first-order chi connectivity index (χ1) is 16.8. The van der Waals surface area contributed by atoms with Gasteiger partial charge < -0.3 is 20.4 Å². The van der Waals surface area contributed by atoms with Crippen LogP contribution in [0.25, 0.3) is 0 Å². The minimum atomic E-state index is -1.16. The van der Waals surface area contributed by atoms with Crippen LogP contribution in [-0.2, 0) is 9.59 Å². The monoisotopic (exact) mass is 502 g/mol. The molecule has 2 unspecified atom stereocenters. The van der Waals surface area contributed by atoms with Crippen LogP contribution in [0.2, 0.25) is 0 Å². The average molecular weight is 503 g/mol. The van der Waals surface area contributed by atoms with Gasteiger partial charge in [-0.3, -0.25) is 4.79 Å². The van der Waals surface area contributed by atoms with E-state index in [0.717, 1.165) is 25.7 Å². The fourth-order valence-corrected chi connectivity index (χ4v) is 4.12. The molecule has 0 spiro atoms. The maximum absolute atomic E-state index is 10.4. The number of aliphatic hydroxyl groups is 2. The summed E-state index contributed by atoms with van der Waals surface area (Å²) in [6, 6.07) is 0. The first-order valence-corrected chi connectivity index (χ1v) is 14.7. The van der Waals surface area contributed by atoms with Gasteiger partial charge in [0.15, 0.2) is 6.10 Å². The number of carbonyl (C=O) groups is 2. The van der Waals surface area contributed by atoms with Crippen molar-refractivity contribution in [2.45, 2.75) is 174 Å². The third-order valence-corrected chi connectivity index (χ3v) is 6.42. The van der Waals surface area contributed by atoms with E-state index in [9.17, 15) is 14.7 Å². The van der Waals surface area contributed by atoms with E-state index in [-0.39, 0.29) is 6.42 Å². The Hall–Kier alpha value is -1.14. The molecule has 0 radical (unpaired) electrons. The highest BCUT2D eigenvalue weighted by Crippen LogP contribution is 2.13. The summed E-state index contributed by atoms with van der Waals surface area (Å²) in [5.41, 5.74) is 0. The molecule has 0 fully saturated rings. The molecule has 0 aliphatic rings. The van der Waals surface area contributed by atoms with Gasteiger partial charge in [-0.25, -0.2) is 4.79 Å². The minimum Gasteiger partial charge on any atom is -0.481 e. The lowest BCUT2D eigenvalue weighted by Crippen LogP contribution is -2.18. The van der Waals surface area contributed by atoms with Crippen molar-refractivity contribution in [3.8, 4) is 0 Å². The molecule has 0 amide bonds. The van der Waals surface area contributed by atoms with E-state index in [4.69, 9.17) is 15.3 Å². The van der Waals surface area contributed by atoms with Crippen LogP contribution in [0.15, 0.2) is 0 Å². The molecule has 4 N–H and O–H groups in total. The molecule has 0 aromatic carbocycles. The zero-order valence-corrected chi connectivity index (χ0v) is 23.0. The van der Waals surface area contributed by atoms with Gasteiger partial charge in [-0.2, -0.15) is 0 Å². The molecule has 210 valence electrons. The molecule has 0 aliphatic heterocycles. The maximum Gasteiger partial charge on any atom is 0.332 e. The van der Waals surface area contributed by atoms with E-state index in [1.165, 1.54) is 103 Å². The van der Waals surface area contributed by atoms with Crippen LogP contribution in [0.3, 0.4) is 0 Å². The van der Waals surface area contributed by atoms with E-state index < -0.39 is 24.1 Å². The molecule has 6 heteroatoms. The molecule has 6 nitrogen and oxygen atoms in total. The first-order valence-electron chi connectivity index (χ1n) is 14.7. The Morgan fingerprint density at radius 3 is 1.14 bits per heavy atom. The second kappa shape index (κ2) is 29.1. The molecule has 35 heavy (non-hydrogen) atoms. The molecule has 0 aromatic rings. The lowest BCUT2D eigenvalue weighted by atomic mass is 10.0. The molecule has 0 heterocycles. The molecular weight excluding hydrogens is 444 g/mol. The van der Waals surface area contributed by atoms with E-state index >= 15 is 0 Å². The van der Waals surface area contributed by atoms with Gasteiger partial charge in [0.1, 0.15) is 0 Å². The lowest BCUT2D eigenvalue weighted by Gasteiger charge is -2.07. The summed E-state index contributed by atoms with van der Waals surface area (Å²) in [4.78, 5) is 20.7. The highest BCUT2D eigenvalue weighted by molar-refractivity contribution is 5.71. The first kappa shape index (κ1) is 36.0. The van der Waals surface area contributed by atoms with Crippen molar-refractivity contribution in [3.05, 3.63) is 0 Å². The number of carboxylic acids is 2.